The van der Waals surface area contributed by atoms with Gasteiger partial charge < -0.3 is 9.84 Å². The summed E-state index contributed by atoms with van der Waals surface area (Å²) in [5.74, 6) is -0.245. The highest BCUT2D eigenvalue weighted by Crippen LogP contribution is 2.34. The van der Waals surface area contributed by atoms with Crippen molar-refractivity contribution < 1.29 is 18.3 Å². The molecule has 9 heteroatoms. The smallest absolute Gasteiger partial charge is 0.301 e. The van der Waals surface area contributed by atoms with Gasteiger partial charge in [0.25, 0.3) is 0 Å². The number of ether oxygens (including phenoxy) is 1. The third-order valence-electron chi connectivity index (χ3n) is 2.59. The van der Waals surface area contributed by atoms with Gasteiger partial charge in [-0.15, -0.1) is 0 Å². The van der Waals surface area contributed by atoms with E-state index in [4.69, 9.17) is 27.9 Å². The van der Waals surface area contributed by atoms with Gasteiger partial charge in [-0.2, -0.15) is 12.7 Å². The summed E-state index contributed by atoms with van der Waals surface area (Å²) in [6, 6.07) is 2.44. The van der Waals surface area contributed by atoms with Crippen molar-refractivity contribution in [3.8, 4) is 5.75 Å². The van der Waals surface area contributed by atoms with E-state index in [1.807, 2.05) is 0 Å². The Hall–Kier alpha value is -0.730. The third-order valence-corrected chi connectivity index (χ3v) is 4.72. The molecule has 0 aliphatic carbocycles. The number of morpholine rings is 1. The molecule has 1 fully saturated rings. The third kappa shape index (κ3) is 3.43. The Balaban J connectivity index is 2.22. The summed E-state index contributed by atoms with van der Waals surface area (Å²) in [6.07, 6.45) is 0. The van der Waals surface area contributed by atoms with Crippen LogP contribution in [0.5, 0.6) is 5.75 Å². The molecular weight excluding hydrogens is 315 g/mol. The van der Waals surface area contributed by atoms with Crippen molar-refractivity contribution in [1.29, 1.82) is 0 Å². The lowest BCUT2D eigenvalue weighted by Gasteiger charge is -2.26. The number of nitrogens with zero attached hydrogens (tertiary/aromatic N) is 1. The molecule has 0 bridgehead atoms. The van der Waals surface area contributed by atoms with Crippen molar-refractivity contribution in [2.75, 3.05) is 31.0 Å². The number of phenolic OH excluding ortho intramolecular Hbond substituents is 1. The fourth-order valence-corrected chi connectivity index (χ4v) is 3.30. The van der Waals surface area contributed by atoms with E-state index in [-0.39, 0.29) is 34.6 Å². The van der Waals surface area contributed by atoms with Crippen molar-refractivity contribution in [3.05, 3.63) is 22.2 Å². The molecule has 0 unspecified atom stereocenters. The highest BCUT2D eigenvalue weighted by Gasteiger charge is 2.25. The molecule has 1 aliphatic rings. The number of halogens is 2. The molecule has 0 atom stereocenters. The van der Waals surface area contributed by atoms with Gasteiger partial charge in [0, 0.05) is 19.2 Å². The van der Waals surface area contributed by atoms with Crippen molar-refractivity contribution in [2.45, 2.75) is 0 Å². The summed E-state index contributed by atoms with van der Waals surface area (Å²) in [7, 11) is -3.72. The van der Waals surface area contributed by atoms with E-state index < -0.39 is 10.2 Å². The quantitative estimate of drug-likeness (QED) is 0.885. The van der Waals surface area contributed by atoms with Gasteiger partial charge in [0.05, 0.1) is 28.9 Å². The van der Waals surface area contributed by atoms with Crippen LogP contribution in [0.3, 0.4) is 0 Å². The van der Waals surface area contributed by atoms with E-state index in [2.05, 4.69) is 4.72 Å². The number of hydrogen-bond acceptors (Lipinski definition) is 4. The summed E-state index contributed by atoms with van der Waals surface area (Å²) in [5.41, 5.74) is 0.0788. The van der Waals surface area contributed by atoms with Gasteiger partial charge in [0.1, 0.15) is 5.75 Å². The molecule has 0 aromatic heterocycles. The maximum absolute atomic E-state index is 12.1. The van der Waals surface area contributed by atoms with Crippen LogP contribution < -0.4 is 4.72 Å². The number of anilines is 1. The average Bonchev–Trinajstić information content (AvgIpc) is 2.37. The Labute approximate surface area is 121 Å². The molecule has 1 aliphatic heterocycles. The molecule has 2 rings (SSSR count). The van der Waals surface area contributed by atoms with E-state index >= 15 is 0 Å². The molecule has 0 spiro atoms. The van der Waals surface area contributed by atoms with Crippen LogP contribution in [0.15, 0.2) is 12.1 Å². The van der Waals surface area contributed by atoms with Gasteiger partial charge in [-0.05, 0) is 6.07 Å². The molecule has 1 heterocycles. The zero-order valence-corrected chi connectivity index (χ0v) is 12.1. The lowest BCUT2D eigenvalue weighted by atomic mass is 10.3. The number of rotatable bonds is 3. The predicted octanol–water partition coefficient (Wildman–Crippen LogP) is 1.69. The van der Waals surface area contributed by atoms with Gasteiger partial charge >= 0.3 is 10.2 Å². The molecule has 19 heavy (non-hydrogen) atoms. The maximum Gasteiger partial charge on any atom is 0.301 e. The second kappa shape index (κ2) is 5.72. The van der Waals surface area contributed by atoms with E-state index in [0.717, 1.165) is 0 Å². The van der Waals surface area contributed by atoms with Crippen molar-refractivity contribution >= 4 is 39.1 Å². The van der Waals surface area contributed by atoms with Gasteiger partial charge in [0.2, 0.25) is 0 Å². The van der Waals surface area contributed by atoms with E-state index in [9.17, 15) is 13.5 Å². The zero-order valence-electron chi connectivity index (χ0n) is 9.77. The first kappa shape index (κ1) is 14.7. The standard InChI is InChI=1S/C10H12Cl2N2O4S/c11-7-5-8(12)10(15)6-9(7)13-19(16,17)14-1-3-18-4-2-14/h5-6,13,15H,1-4H2. The number of aromatic hydroxyl groups is 1. The largest absolute Gasteiger partial charge is 0.506 e. The predicted molar refractivity (Wildman–Crippen MR) is 73.1 cm³/mol. The Morgan fingerprint density at radius 2 is 1.84 bits per heavy atom. The zero-order chi connectivity index (χ0) is 14.0. The average molecular weight is 327 g/mol. The van der Waals surface area contributed by atoms with Crippen LogP contribution in [-0.2, 0) is 14.9 Å². The number of hydrogen-bond donors (Lipinski definition) is 2. The van der Waals surface area contributed by atoms with Crippen LogP contribution in [0, 0.1) is 0 Å². The molecule has 0 radical (unpaired) electrons. The molecular formula is C10H12Cl2N2O4S. The van der Waals surface area contributed by atoms with Crippen molar-refractivity contribution in [2.24, 2.45) is 0 Å². The Bertz CT molecular complexity index is 573. The number of phenols is 1. The summed E-state index contributed by atoms with van der Waals surface area (Å²) in [6.45, 7) is 1.24. The Kier molecular flexibility index (Phi) is 4.42. The molecule has 2 N–H and O–H groups in total. The topological polar surface area (TPSA) is 78.9 Å². The lowest BCUT2D eigenvalue weighted by molar-refractivity contribution is 0.0733. The van der Waals surface area contributed by atoms with Crippen LogP contribution in [-0.4, -0.2) is 44.1 Å². The second-order valence-corrected chi connectivity index (χ2v) is 6.39. The van der Waals surface area contributed by atoms with Crippen LogP contribution in [0.2, 0.25) is 10.0 Å². The minimum Gasteiger partial charge on any atom is -0.506 e. The van der Waals surface area contributed by atoms with Crippen LogP contribution in [0.25, 0.3) is 0 Å². The van der Waals surface area contributed by atoms with Gasteiger partial charge in [-0.25, -0.2) is 0 Å². The van der Waals surface area contributed by atoms with E-state index in [1.54, 1.807) is 0 Å². The summed E-state index contributed by atoms with van der Waals surface area (Å²) >= 11 is 11.5. The molecule has 106 valence electrons. The fourth-order valence-electron chi connectivity index (χ4n) is 1.61. The minimum atomic E-state index is -3.72. The van der Waals surface area contributed by atoms with Crippen LogP contribution in [0.4, 0.5) is 5.69 Å². The molecule has 1 saturated heterocycles. The number of nitrogens with one attached hydrogen (secondary N) is 1. The second-order valence-electron chi connectivity index (χ2n) is 3.90. The van der Waals surface area contributed by atoms with Gasteiger partial charge in [0.15, 0.2) is 0 Å². The maximum atomic E-state index is 12.1. The molecule has 6 nitrogen and oxygen atoms in total. The molecule has 0 amide bonds. The molecule has 1 aromatic rings. The first-order valence-electron chi connectivity index (χ1n) is 5.44. The summed E-state index contributed by atoms with van der Waals surface area (Å²) in [4.78, 5) is 0. The number of benzene rings is 1. The van der Waals surface area contributed by atoms with Crippen LogP contribution in [0.1, 0.15) is 0 Å². The summed E-state index contributed by atoms with van der Waals surface area (Å²) in [5, 5.41) is 9.64. The Morgan fingerprint density at radius 3 is 2.47 bits per heavy atom. The lowest BCUT2D eigenvalue weighted by Crippen LogP contribution is -2.43. The molecule has 1 aromatic carbocycles. The summed E-state index contributed by atoms with van der Waals surface area (Å²) < 4.78 is 32.8. The van der Waals surface area contributed by atoms with Gasteiger partial charge in [-0.1, -0.05) is 23.2 Å². The fraction of sp³-hybridized carbons (Fsp3) is 0.400. The van der Waals surface area contributed by atoms with E-state index in [0.29, 0.717) is 13.2 Å². The van der Waals surface area contributed by atoms with Crippen molar-refractivity contribution in [1.82, 2.24) is 4.31 Å². The van der Waals surface area contributed by atoms with E-state index in [1.165, 1.54) is 16.4 Å². The first-order valence-corrected chi connectivity index (χ1v) is 7.63. The minimum absolute atomic E-state index is 0.0549. The highest BCUT2D eigenvalue weighted by atomic mass is 35.5. The van der Waals surface area contributed by atoms with Crippen LogP contribution >= 0.6 is 23.2 Å². The van der Waals surface area contributed by atoms with Gasteiger partial charge in [-0.3, -0.25) is 4.72 Å². The van der Waals surface area contributed by atoms with Crippen molar-refractivity contribution in [3.63, 3.8) is 0 Å². The Morgan fingerprint density at radius 1 is 1.21 bits per heavy atom. The highest BCUT2D eigenvalue weighted by molar-refractivity contribution is 7.90. The monoisotopic (exact) mass is 326 g/mol. The first-order chi connectivity index (χ1) is 8.90. The molecule has 0 saturated carbocycles. The SMILES string of the molecule is O=S(=O)(Nc1cc(O)c(Cl)cc1Cl)N1CCOCC1. The normalized spacial score (nSPS) is 17.4.